The molecule has 2 N–H and O–H groups in total. The molecular formula is C22H29N3O2. The van der Waals surface area contributed by atoms with Crippen LogP contribution in [0, 0.1) is 0 Å². The highest BCUT2D eigenvalue weighted by atomic mass is 16.5. The third-order valence-electron chi connectivity index (χ3n) is 4.53. The van der Waals surface area contributed by atoms with Crippen LogP contribution in [0.3, 0.4) is 0 Å². The number of rotatable bonds is 8. The first-order chi connectivity index (χ1) is 13.3. The number of hydrogen-bond acceptors (Lipinski definition) is 3. The maximum absolute atomic E-state index is 5.57. The van der Waals surface area contributed by atoms with E-state index >= 15 is 0 Å². The molecule has 0 saturated heterocycles. The number of hydrogen-bond donors (Lipinski definition) is 2. The minimum atomic E-state index is 0.627. The first kappa shape index (κ1) is 19.2. The van der Waals surface area contributed by atoms with Crippen molar-refractivity contribution in [2.24, 2.45) is 4.99 Å². The third-order valence-corrected chi connectivity index (χ3v) is 4.53. The van der Waals surface area contributed by atoms with Crippen LogP contribution in [0.15, 0.2) is 47.5 Å². The van der Waals surface area contributed by atoms with Gasteiger partial charge in [-0.1, -0.05) is 36.4 Å². The number of guanidine groups is 1. The molecule has 0 amide bonds. The van der Waals surface area contributed by atoms with Gasteiger partial charge in [-0.25, -0.2) is 4.99 Å². The molecule has 0 saturated carbocycles. The van der Waals surface area contributed by atoms with Gasteiger partial charge in [0.1, 0.15) is 5.75 Å². The van der Waals surface area contributed by atoms with Crippen molar-refractivity contribution in [3.63, 3.8) is 0 Å². The van der Waals surface area contributed by atoms with Crippen molar-refractivity contribution in [3.05, 3.63) is 64.7 Å². The quantitative estimate of drug-likeness (QED) is 0.556. The minimum absolute atomic E-state index is 0.627. The Balaban J connectivity index is 1.53. The Morgan fingerprint density at radius 1 is 1.11 bits per heavy atom. The van der Waals surface area contributed by atoms with Crippen molar-refractivity contribution >= 4 is 5.96 Å². The number of benzene rings is 2. The van der Waals surface area contributed by atoms with Gasteiger partial charge in [0.15, 0.2) is 5.96 Å². The molecule has 0 spiro atoms. The maximum Gasteiger partial charge on any atom is 0.191 e. The van der Waals surface area contributed by atoms with Crippen molar-refractivity contribution in [1.82, 2.24) is 10.6 Å². The fourth-order valence-corrected chi connectivity index (χ4v) is 3.22. The highest BCUT2D eigenvalue weighted by molar-refractivity contribution is 5.79. The Bertz CT molecular complexity index is 774. The molecular weight excluding hydrogens is 338 g/mol. The fourth-order valence-electron chi connectivity index (χ4n) is 3.22. The molecule has 1 aliphatic heterocycles. The average Bonchev–Trinajstić information content (AvgIpc) is 3.14. The zero-order valence-corrected chi connectivity index (χ0v) is 16.3. The molecule has 1 aliphatic rings. The van der Waals surface area contributed by atoms with E-state index in [-0.39, 0.29) is 0 Å². The smallest absolute Gasteiger partial charge is 0.191 e. The summed E-state index contributed by atoms with van der Waals surface area (Å²) in [5.41, 5.74) is 5.00. The summed E-state index contributed by atoms with van der Waals surface area (Å²) in [6.45, 7) is 5.84. The van der Waals surface area contributed by atoms with Gasteiger partial charge in [-0.2, -0.15) is 0 Å². The molecule has 144 valence electrons. The first-order valence-corrected chi connectivity index (χ1v) is 9.62. The second kappa shape index (κ2) is 9.97. The van der Waals surface area contributed by atoms with E-state index < -0.39 is 0 Å². The lowest BCUT2D eigenvalue weighted by molar-refractivity contribution is 0.185. The third kappa shape index (κ3) is 5.73. The molecule has 1 heterocycles. The summed E-state index contributed by atoms with van der Waals surface area (Å²) < 4.78 is 10.8. The minimum Gasteiger partial charge on any atom is -0.493 e. The number of aliphatic imine (C=N–C) groups is 1. The zero-order valence-electron chi connectivity index (χ0n) is 16.3. The molecule has 0 unspecified atom stereocenters. The molecule has 2 aromatic rings. The monoisotopic (exact) mass is 367 g/mol. The van der Waals surface area contributed by atoms with Gasteiger partial charge < -0.3 is 20.1 Å². The fraction of sp³-hybridized carbons (Fsp3) is 0.409. The van der Waals surface area contributed by atoms with E-state index in [9.17, 15) is 0 Å². The van der Waals surface area contributed by atoms with Crippen LogP contribution in [-0.4, -0.2) is 32.8 Å². The number of methoxy groups -OCH3 is 1. The second-order valence-corrected chi connectivity index (χ2v) is 6.67. The normalized spacial score (nSPS) is 13.2. The number of nitrogens with one attached hydrogen (secondary N) is 2. The van der Waals surface area contributed by atoms with Crippen LogP contribution in [0.4, 0.5) is 0 Å². The van der Waals surface area contributed by atoms with Crippen LogP contribution in [-0.2, 0) is 30.7 Å². The van der Waals surface area contributed by atoms with E-state index in [1.807, 2.05) is 0 Å². The predicted octanol–water partition coefficient (Wildman–Crippen LogP) is 3.07. The van der Waals surface area contributed by atoms with Crippen molar-refractivity contribution in [2.75, 3.05) is 26.8 Å². The summed E-state index contributed by atoms with van der Waals surface area (Å²) in [5, 5.41) is 6.74. The molecule has 27 heavy (non-hydrogen) atoms. The van der Waals surface area contributed by atoms with Gasteiger partial charge >= 0.3 is 0 Å². The lowest BCUT2D eigenvalue weighted by Crippen LogP contribution is -2.38. The van der Waals surface area contributed by atoms with E-state index in [1.54, 1.807) is 7.11 Å². The molecule has 0 atom stereocenters. The summed E-state index contributed by atoms with van der Waals surface area (Å²) in [5.74, 6) is 1.89. The zero-order chi connectivity index (χ0) is 18.9. The molecule has 0 aliphatic carbocycles. The van der Waals surface area contributed by atoms with Crippen molar-refractivity contribution < 1.29 is 9.47 Å². The summed E-state index contributed by atoms with van der Waals surface area (Å²) in [6.07, 6.45) is 1.98. The van der Waals surface area contributed by atoms with Crippen molar-refractivity contribution in [1.29, 1.82) is 0 Å². The van der Waals surface area contributed by atoms with E-state index in [2.05, 4.69) is 60.0 Å². The van der Waals surface area contributed by atoms with Gasteiger partial charge in [-0.05, 0) is 41.7 Å². The molecule has 0 radical (unpaired) electrons. The van der Waals surface area contributed by atoms with Gasteiger partial charge in [0, 0.05) is 26.6 Å². The molecule has 0 fully saturated rings. The highest BCUT2D eigenvalue weighted by Crippen LogP contribution is 2.25. The Hall–Kier alpha value is -2.53. The van der Waals surface area contributed by atoms with Gasteiger partial charge in [0.25, 0.3) is 0 Å². The van der Waals surface area contributed by atoms with Gasteiger partial charge in [-0.15, -0.1) is 0 Å². The average molecular weight is 367 g/mol. The summed E-state index contributed by atoms with van der Waals surface area (Å²) in [4.78, 5) is 4.71. The van der Waals surface area contributed by atoms with Crippen LogP contribution in [0.5, 0.6) is 5.75 Å². The van der Waals surface area contributed by atoms with Crippen LogP contribution in [0.1, 0.15) is 29.2 Å². The van der Waals surface area contributed by atoms with E-state index in [0.717, 1.165) is 44.2 Å². The van der Waals surface area contributed by atoms with Crippen molar-refractivity contribution in [2.45, 2.75) is 32.9 Å². The van der Waals surface area contributed by atoms with Crippen LogP contribution >= 0.6 is 0 Å². The Morgan fingerprint density at radius 3 is 2.85 bits per heavy atom. The Labute approximate surface area is 161 Å². The standard InChI is InChI=1S/C22H29N3O2/c1-3-23-22(25-15-18-5-4-6-19(13-18)16-26-2)24-11-9-17-7-8-21-20(14-17)10-12-27-21/h4-8,13-14H,3,9-12,15-16H2,1-2H3,(H2,23,24,25). The summed E-state index contributed by atoms with van der Waals surface area (Å²) in [7, 11) is 1.71. The molecule has 3 rings (SSSR count). The lowest BCUT2D eigenvalue weighted by atomic mass is 10.1. The Morgan fingerprint density at radius 2 is 2.00 bits per heavy atom. The van der Waals surface area contributed by atoms with E-state index in [0.29, 0.717) is 13.2 Å². The van der Waals surface area contributed by atoms with Gasteiger partial charge in [0.2, 0.25) is 0 Å². The maximum atomic E-state index is 5.57. The number of fused-ring (bicyclic) bond motifs is 1. The van der Waals surface area contributed by atoms with Crippen LogP contribution in [0.25, 0.3) is 0 Å². The van der Waals surface area contributed by atoms with E-state index in [4.69, 9.17) is 14.5 Å². The SMILES string of the molecule is CCNC(=NCc1cccc(COC)c1)NCCc1ccc2c(c1)CCO2. The van der Waals surface area contributed by atoms with Gasteiger partial charge in [-0.3, -0.25) is 0 Å². The topological polar surface area (TPSA) is 54.9 Å². The Kier molecular flexibility index (Phi) is 7.11. The number of ether oxygens (including phenoxy) is 2. The van der Waals surface area contributed by atoms with Gasteiger partial charge in [0.05, 0.1) is 19.8 Å². The van der Waals surface area contributed by atoms with E-state index in [1.165, 1.54) is 22.3 Å². The van der Waals surface area contributed by atoms with Crippen molar-refractivity contribution in [3.8, 4) is 5.75 Å². The van der Waals surface area contributed by atoms with Crippen LogP contribution in [0.2, 0.25) is 0 Å². The molecule has 2 aromatic carbocycles. The largest absolute Gasteiger partial charge is 0.493 e. The van der Waals surface area contributed by atoms with Crippen LogP contribution < -0.4 is 15.4 Å². The molecule has 5 heteroatoms. The summed E-state index contributed by atoms with van der Waals surface area (Å²) >= 11 is 0. The predicted molar refractivity (Wildman–Crippen MR) is 109 cm³/mol. The highest BCUT2D eigenvalue weighted by Gasteiger charge is 2.11. The second-order valence-electron chi connectivity index (χ2n) is 6.67. The molecule has 0 aromatic heterocycles. The summed E-state index contributed by atoms with van der Waals surface area (Å²) in [6, 6.07) is 14.9. The molecule has 5 nitrogen and oxygen atoms in total. The first-order valence-electron chi connectivity index (χ1n) is 9.62. The lowest BCUT2D eigenvalue weighted by Gasteiger charge is -2.12. The molecule has 0 bridgehead atoms. The number of nitrogens with zero attached hydrogens (tertiary/aromatic N) is 1.